The smallest absolute Gasteiger partial charge is 0.229 e. The minimum absolute atomic E-state index is 0.0504. The number of rotatable bonds is 4. The Bertz CT molecular complexity index is 1040. The van der Waals surface area contributed by atoms with Crippen LogP contribution >= 0.6 is 0 Å². The Morgan fingerprint density at radius 1 is 1.07 bits per heavy atom. The Morgan fingerprint density at radius 2 is 1.79 bits per heavy atom. The SMILES string of the molecule is CS(=O)(=O)c1ccc(NC(=O)C2CC(=O)N(c3ccc4c(c3)CCC4)C2)cc1. The second-order valence-corrected chi connectivity index (χ2v) is 9.51. The summed E-state index contributed by atoms with van der Waals surface area (Å²) in [4.78, 5) is 27.0. The van der Waals surface area contributed by atoms with Gasteiger partial charge in [-0.1, -0.05) is 6.07 Å². The average Bonchev–Trinajstić information content (AvgIpc) is 3.27. The molecule has 0 spiro atoms. The molecule has 2 aliphatic rings. The minimum Gasteiger partial charge on any atom is -0.326 e. The van der Waals surface area contributed by atoms with Crippen LogP contribution in [0.2, 0.25) is 0 Å². The number of benzene rings is 2. The molecule has 1 saturated heterocycles. The van der Waals surface area contributed by atoms with Gasteiger partial charge in [0, 0.05) is 30.6 Å². The fourth-order valence-corrected chi connectivity index (χ4v) is 4.52. The molecule has 0 aromatic heterocycles. The fourth-order valence-electron chi connectivity index (χ4n) is 3.89. The Morgan fingerprint density at radius 3 is 2.50 bits per heavy atom. The molecule has 1 aliphatic carbocycles. The number of carbonyl (C=O) groups excluding carboxylic acids is 2. The maximum Gasteiger partial charge on any atom is 0.229 e. The number of aryl methyl sites for hydroxylation is 2. The zero-order chi connectivity index (χ0) is 19.9. The van der Waals surface area contributed by atoms with Gasteiger partial charge in [0.1, 0.15) is 0 Å². The summed E-state index contributed by atoms with van der Waals surface area (Å²) in [5.74, 6) is -0.718. The highest BCUT2D eigenvalue weighted by Crippen LogP contribution is 2.31. The third kappa shape index (κ3) is 3.67. The first-order valence-electron chi connectivity index (χ1n) is 9.34. The maximum absolute atomic E-state index is 12.6. The van der Waals surface area contributed by atoms with E-state index in [2.05, 4.69) is 17.4 Å². The summed E-state index contributed by atoms with van der Waals surface area (Å²) >= 11 is 0. The molecule has 0 saturated carbocycles. The van der Waals surface area contributed by atoms with Gasteiger partial charge in [0.2, 0.25) is 11.8 Å². The van der Waals surface area contributed by atoms with Crippen LogP contribution in [0.5, 0.6) is 0 Å². The van der Waals surface area contributed by atoms with Gasteiger partial charge in [-0.2, -0.15) is 0 Å². The van der Waals surface area contributed by atoms with Gasteiger partial charge in [0.25, 0.3) is 0 Å². The molecule has 2 aromatic rings. The van der Waals surface area contributed by atoms with Crippen LogP contribution in [0.4, 0.5) is 11.4 Å². The highest BCUT2D eigenvalue weighted by atomic mass is 32.2. The quantitative estimate of drug-likeness (QED) is 0.858. The van der Waals surface area contributed by atoms with Gasteiger partial charge in [0.05, 0.1) is 10.8 Å². The molecular weight excluding hydrogens is 376 g/mol. The van der Waals surface area contributed by atoms with Gasteiger partial charge in [-0.15, -0.1) is 0 Å². The first-order chi connectivity index (χ1) is 13.3. The molecule has 1 N–H and O–H groups in total. The molecule has 0 radical (unpaired) electrons. The van der Waals surface area contributed by atoms with E-state index in [0.29, 0.717) is 12.2 Å². The third-order valence-electron chi connectivity index (χ3n) is 5.44. The largest absolute Gasteiger partial charge is 0.326 e. The van der Waals surface area contributed by atoms with Crippen LogP contribution in [0.1, 0.15) is 24.0 Å². The summed E-state index contributed by atoms with van der Waals surface area (Å²) in [6, 6.07) is 12.2. The normalized spacial score (nSPS) is 19.0. The zero-order valence-corrected chi connectivity index (χ0v) is 16.5. The van der Waals surface area contributed by atoms with Crippen molar-refractivity contribution in [1.29, 1.82) is 0 Å². The summed E-state index contributed by atoms with van der Waals surface area (Å²) in [6.45, 7) is 0.352. The molecule has 0 bridgehead atoms. The van der Waals surface area contributed by atoms with Crippen molar-refractivity contribution in [3.05, 3.63) is 53.6 Å². The lowest BCUT2D eigenvalue weighted by Gasteiger charge is -2.18. The van der Waals surface area contributed by atoms with Crippen LogP contribution in [-0.2, 0) is 32.3 Å². The van der Waals surface area contributed by atoms with Gasteiger partial charge in [-0.05, 0) is 66.8 Å². The van der Waals surface area contributed by atoms with Crippen LogP contribution in [0.15, 0.2) is 47.4 Å². The van der Waals surface area contributed by atoms with E-state index in [-0.39, 0.29) is 23.1 Å². The van der Waals surface area contributed by atoms with Gasteiger partial charge >= 0.3 is 0 Å². The lowest BCUT2D eigenvalue weighted by molar-refractivity contribution is -0.122. The van der Waals surface area contributed by atoms with Crippen molar-refractivity contribution in [1.82, 2.24) is 0 Å². The molecule has 1 fully saturated rings. The highest BCUT2D eigenvalue weighted by molar-refractivity contribution is 7.90. The van der Waals surface area contributed by atoms with E-state index >= 15 is 0 Å². The molecule has 2 aromatic carbocycles. The first kappa shape index (κ1) is 18.7. The van der Waals surface area contributed by atoms with Crippen molar-refractivity contribution < 1.29 is 18.0 Å². The lowest BCUT2D eigenvalue weighted by Crippen LogP contribution is -2.28. The molecular formula is C21H22N2O4S. The van der Waals surface area contributed by atoms with E-state index in [1.165, 1.54) is 23.3 Å². The lowest BCUT2D eigenvalue weighted by atomic mass is 10.1. The number of fused-ring (bicyclic) bond motifs is 1. The molecule has 7 heteroatoms. The summed E-state index contributed by atoms with van der Waals surface area (Å²) in [5, 5.41) is 2.78. The van der Waals surface area contributed by atoms with E-state index in [1.54, 1.807) is 17.0 Å². The number of hydrogen-bond acceptors (Lipinski definition) is 4. The van der Waals surface area contributed by atoms with Crippen LogP contribution in [0.25, 0.3) is 0 Å². The van der Waals surface area contributed by atoms with Crippen molar-refractivity contribution in [2.45, 2.75) is 30.6 Å². The predicted molar refractivity (Wildman–Crippen MR) is 107 cm³/mol. The minimum atomic E-state index is -3.28. The number of nitrogens with zero attached hydrogens (tertiary/aromatic N) is 1. The van der Waals surface area contributed by atoms with Crippen molar-refractivity contribution >= 4 is 33.0 Å². The fraction of sp³-hybridized carbons (Fsp3) is 0.333. The second-order valence-electron chi connectivity index (χ2n) is 7.50. The van der Waals surface area contributed by atoms with Gasteiger partial charge in [0.15, 0.2) is 9.84 Å². The highest BCUT2D eigenvalue weighted by Gasteiger charge is 2.35. The van der Waals surface area contributed by atoms with E-state index in [0.717, 1.165) is 31.2 Å². The Kier molecular flexibility index (Phi) is 4.71. The average molecular weight is 398 g/mol. The van der Waals surface area contributed by atoms with E-state index in [9.17, 15) is 18.0 Å². The van der Waals surface area contributed by atoms with E-state index in [1.807, 2.05) is 6.07 Å². The standard InChI is InChI=1S/C21H22N2O4S/c1-28(26,27)19-9-6-17(7-10-19)22-21(25)16-12-20(24)23(13-16)18-8-5-14-3-2-4-15(14)11-18/h5-11,16H,2-4,12-13H2,1H3,(H,22,25). The number of nitrogens with one attached hydrogen (secondary N) is 1. The molecule has 1 aliphatic heterocycles. The number of anilines is 2. The number of amides is 2. The zero-order valence-electron chi connectivity index (χ0n) is 15.6. The molecule has 1 unspecified atom stereocenters. The predicted octanol–water partition coefficient (Wildman–Crippen LogP) is 2.57. The van der Waals surface area contributed by atoms with Crippen molar-refractivity contribution in [3.63, 3.8) is 0 Å². The molecule has 1 atom stereocenters. The molecule has 6 nitrogen and oxygen atoms in total. The van der Waals surface area contributed by atoms with E-state index < -0.39 is 15.8 Å². The summed E-state index contributed by atoms with van der Waals surface area (Å²) in [5.41, 5.74) is 4.02. The Hall–Kier alpha value is -2.67. The van der Waals surface area contributed by atoms with Gasteiger partial charge in [-0.3, -0.25) is 9.59 Å². The van der Waals surface area contributed by atoms with Crippen molar-refractivity contribution in [2.24, 2.45) is 5.92 Å². The Balaban J connectivity index is 1.44. The van der Waals surface area contributed by atoms with Crippen LogP contribution in [0.3, 0.4) is 0 Å². The molecule has 4 rings (SSSR count). The van der Waals surface area contributed by atoms with Gasteiger partial charge < -0.3 is 10.2 Å². The van der Waals surface area contributed by atoms with Crippen LogP contribution < -0.4 is 10.2 Å². The monoisotopic (exact) mass is 398 g/mol. The topological polar surface area (TPSA) is 83.5 Å². The first-order valence-corrected chi connectivity index (χ1v) is 11.2. The molecule has 2 amide bonds. The van der Waals surface area contributed by atoms with Crippen LogP contribution in [0, 0.1) is 5.92 Å². The molecule has 146 valence electrons. The molecule has 1 heterocycles. The van der Waals surface area contributed by atoms with Crippen molar-refractivity contribution in [2.75, 3.05) is 23.0 Å². The number of sulfone groups is 1. The number of carbonyl (C=O) groups is 2. The summed E-state index contributed by atoms with van der Waals surface area (Å²) in [6.07, 6.45) is 4.59. The van der Waals surface area contributed by atoms with Crippen molar-refractivity contribution in [3.8, 4) is 0 Å². The molecule has 28 heavy (non-hydrogen) atoms. The number of hydrogen-bond donors (Lipinski definition) is 1. The van der Waals surface area contributed by atoms with Gasteiger partial charge in [-0.25, -0.2) is 8.42 Å². The summed E-state index contributed by atoms with van der Waals surface area (Å²) in [7, 11) is -3.28. The van der Waals surface area contributed by atoms with E-state index in [4.69, 9.17) is 0 Å². The summed E-state index contributed by atoms with van der Waals surface area (Å²) < 4.78 is 23.0. The van der Waals surface area contributed by atoms with Crippen LogP contribution in [-0.4, -0.2) is 33.0 Å². The third-order valence-corrected chi connectivity index (χ3v) is 6.57. The Labute approximate surface area is 164 Å². The second kappa shape index (κ2) is 7.05. The maximum atomic E-state index is 12.6.